The summed E-state index contributed by atoms with van der Waals surface area (Å²) in [7, 11) is -3.94. The fourth-order valence-corrected chi connectivity index (χ4v) is 3.26. The molecule has 1 aliphatic heterocycles. The summed E-state index contributed by atoms with van der Waals surface area (Å²) in [6, 6.07) is 3.78. The summed E-state index contributed by atoms with van der Waals surface area (Å²) in [5.74, 6) is -1.04. The molecule has 1 aliphatic rings. The van der Waals surface area contributed by atoms with Crippen molar-refractivity contribution < 1.29 is 22.7 Å². The van der Waals surface area contributed by atoms with E-state index in [1.54, 1.807) is 4.90 Å². The van der Waals surface area contributed by atoms with Crippen molar-refractivity contribution in [2.24, 2.45) is 5.14 Å². The minimum absolute atomic E-state index is 0.00223. The predicted molar refractivity (Wildman–Crippen MR) is 86.2 cm³/mol. The maximum atomic E-state index is 12.2. The van der Waals surface area contributed by atoms with Gasteiger partial charge in [0.25, 0.3) is 5.91 Å². The molecule has 7 nitrogen and oxygen atoms in total. The van der Waals surface area contributed by atoms with Crippen LogP contribution in [0.4, 0.5) is 0 Å². The topological polar surface area (TPSA) is 107 Å². The fourth-order valence-electron chi connectivity index (χ4n) is 2.31. The van der Waals surface area contributed by atoms with Crippen LogP contribution in [0.5, 0.6) is 0 Å². The van der Waals surface area contributed by atoms with Gasteiger partial charge < -0.3 is 9.64 Å². The van der Waals surface area contributed by atoms with Crippen LogP contribution in [-0.4, -0.2) is 44.4 Å². The maximum absolute atomic E-state index is 12.2. The molecule has 0 radical (unpaired) electrons. The summed E-state index contributed by atoms with van der Waals surface area (Å²) < 4.78 is 28.3. The molecule has 1 amide bonds. The third-order valence-corrected chi connectivity index (χ3v) is 5.14. The van der Waals surface area contributed by atoms with Crippen LogP contribution in [0, 0.1) is 0 Å². The Hall–Kier alpha value is -1.45. The van der Waals surface area contributed by atoms with Gasteiger partial charge in [-0.3, -0.25) is 4.79 Å². The van der Waals surface area contributed by atoms with Gasteiger partial charge in [0.2, 0.25) is 10.0 Å². The van der Waals surface area contributed by atoms with E-state index in [0.29, 0.717) is 17.6 Å². The van der Waals surface area contributed by atoms with E-state index in [1.807, 2.05) is 0 Å². The molecule has 0 bridgehead atoms. The number of benzene rings is 1. The molecule has 2 rings (SSSR count). The minimum atomic E-state index is -3.94. The second-order valence-electron chi connectivity index (χ2n) is 5.27. The molecule has 1 fully saturated rings. The SMILES string of the molecule is CC(OC(=O)c1cc(S(N)(=O)=O)ccc1Br)C(=O)N1CCCC1. The molecule has 0 spiro atoms. The number of carbonyl (C=O) groups is 2. The van der Waals surface area contributed by atoms with Crippen molar-refractivity contribution in [2.45, 2.75) is 30.8 Å². The molecule has 1 heterocycles. The number of primary sulfonamides is 1. The van der Waals surface area contributed by atoms with Crippen LogP contribution in [0.15, 0.2) is 27.6 Å². The zero-order valence-electron chi connectivity index (χ0n) is 12.5. The van der Waals surface area contributed by atoms with Crippen molar-refractivity contribution in [2.75, 3.05) is 13.1 Å². The van der Waals surface area contributed by atoms with Gasteiger partial charge in [0.15, 0.2) is 6.10 Å². The molecule has 1 aromatic carbocycles. The minimum Gasteiger partial charge on any atom is -0.449 e. The lowest BCUT2D eigenvalue weighted by molar-refractivity contribution is -0.138. The van der Waals surface area contributed by atoms with E-state index in [9.17, 15) is 18.0 Å². The number of nitrogens with zero attached hydrogens (tertiary/aromatic N) is 1. The molecule has 0 aliphatic carbocycles. The van der Waals surface area contributed by atoms with Gasteiger partial charge in [-0.05, 0) is 53.9 Å². The normalized spacial score (nSPS) is 16.2. The van der Waals surface area contributed by atoms with Gasteiger partial charge in [-0.1, -0.05) is 0 Å². The van der Waals surface area contributed by atoms with Crippen molar-refractivity contribution in [1.29, 1.82) is 0 Å². The monoisotopic (exact) mass is 404 g/mol. The van der Waals surface area contributed by atoms with E-state index in [-0.39, 0.29) is 16.4 Å². The molecular formula is C14H17BrN2O5S. The van der Waals surface area contributed by atoms with Crippen LogP contribution < -0.4 is 5.14 Å². The van der Waals surface area contributed by atoms with Crippen LogP contribution in [0.2, 0.25) is 0 Å². The molecule has 1 aromatic rings. The highest BCUT2D eigenvalue weighted by Crippen LogP contribution is 2.22. The zero-order chi connectivity index (χ0) is 17.2. The van der Waals surface area contributed by atoms with Gasteiger partial charge in [-0.2, -0.15) is 0 Å². The summed E-state index contributed by atoms with van der Waals surface area (Å²) >= 11 is 3.16. The number of carbonyl (C=O) groups excluding carboxylic acids is 2. The van der Waals surface area contributed by atoms with Crippen LogP contribution in [-0.2, 0) is 19.6 Å². The van der Waals surface area contributed by atoms with E-state index in [1.165, 1.54) is 19.1 Å². The Labute approximate surface area is 143 Å². The van der Waals surface area contributed by atoms with Crippen molar-refractivity contribution >= 4 is 37.8 Å². The molecule has 1 atom stereocenters. The first kappa shape index (κ1) is 17.9. The van der Waals surface area contributed by atoms with Crippen LogP contribution >= 0.6 is 15.9 Å². The van der Waals surface area contributed by atoms with Crippen LogP contribution in [0.25, 0.3) is 0 Å². The summed E-state index contributed by atoms with van der Waals surface area (Å²) in [4.78, 5) is 25.8. The third kappa shape index (κ3) is 4.30. The standard InChI is InChI=1S/C14H17BrN2O5S/c1-9(13(18)17-6-2-3-7-17)22-14(19)11-8-10(23(16,20)21)4-5-12(11)15/h4-5,8-9H,2-3,6-7H2,1H3,(H2,16,20,21). The first-order valence-corrected chi connectivity index (χ1v) is 9.36. The highest BCUT2D eigenvalue weighted by Gasteiger charge is 2.27. The first-order valence-electron chi connectivity index (χ1n) is 7.02. The van der Waals surface area contributed by atoms with Gasteiger partial charge in [-0.25, -0.2) is 18.4 Å². The number of halogens is 1. The Bertz CT molecular complexity index is 729. The average Bonchev–Trinajstić information content (AvgIpc) is 2.99. The highest BCUT2D eigenvalue weighted by molar-refractivity contribution is 9.10. The Morgan fingerprint density at radius 3 is 2.48 bits per heavy atom. The van der Waals surface area contributed by atoms with Crippen molar-refractivity contribution in [3.63, 3.8) is 0 Å². The van der Waals surface area contributed by atoms with E-state index in [2.05, 4.69) is 15.9 Å². The summed E-state index contributed by atoms with van der Waals surface area (Å²) in [6.07, 6.45) is 0.938. The fraction of sp³-hybridized carbons (Fsp3) is 0.429. The number of rotatable bonds is 4. The Morgan fingerprint density at radius 2 is 1.91 bits per heavy atom. The van der Waals surface area contributed by atoms with Gasteiger partial charge in [0.05, 0.1) is 10.5 Å². The van der Waals surface area contributed by atoms with Gasteiger partial charge in [0, 0.05) is 17.6 Å². The Kier molecular flexibility index (Phi) is 5.43. The van der Waals surface area contributed by atoms with Gasteiger partial charge in [-0.15, -0.1) is 0 Å². The van der Waals surface area contributed by atoms with Crippen LogP contribution in [0.1, 0.15) is 30.1 Å². The molecule has 9 heteroatoms. The number of hydrogen-bond acceptors (Lipinski definition) is 5. The summed E-state index contributed by atoms with van der Waals surface area (Å²) in [5.41, 5.74) is -0.00223. The number of nitrogens with two attached hydrogens (primary N) is 1. The largest absolute Gasteiger partial charge is 0.449 e. The molecule has 1 saturated heterocycles. The molecule has 0 aromatic heterocycles. The number of amides is 1. The molecule has 23 heavy (non-hydrogen) atoms. The lowest BCUT2D eigenvalue weighted by Gasteiger charge is -2.20. The number of ether oxygens (including phenoxy) is 1. The van der Waals surface area contributed by atoms with Crippen molar-refractivity contribution in [3.05, 3.63) is 28.2 Å². The molecule has 2 N–H and O–H groups in total. The predicted octanol–water partition coefficient (Wildman–Crippen LogP) is 1.26. The van der Waals surface area contributed by atoms with E-state index >= 15 is 0 Å². The maximum Gasteiger partial charge on any atom is 0.340 e. The lowest BCUT2D eigenvalue weighted by Crippen LogP contribution is -2.38. The smallest absolute Gasteiger partial charge is 0.340 e. The van der Waals surface area contributed by atoms with Crippen molar-refractivity contribution in [1.82, 2.24) is 4.90 Å². The quantitative estimate of drug-likeness (QED) is 0.760. The second-order valence-corrected chi connectivity index (χ2v) is 7.68. The Morgan fingerprint density at radius 1 is 1.30 bits per heavy atom. The number of sulfonamides is 1. The number of hydrogen-bond donors (Lipinski definition) is 1. The van der Waals surface area contributed by atoms with E-state index in [4.69, 9.17) is 9.88 Å². The summed E-state index contributed by atoms with van der Waals surface area (Å²) in [6.45, 7) is 2.81. The Balaban J connectivity index is 2.15. The second kappa shape index (κ2) is 6.98. The van der Waals surface area contributed by atoms with Gasteiger partial charge >= 0.3 is 5.97 Å². The molecule has 0 saturated carbocycles. The summed E-state index contributed by atoms with van der Waals surface area (Å²) in [5, 5.41) is 5.05. The zero-order valence-corrected chi connectivity index (χ0v) is 14.9. The molecule has 1 unspecified atom stereocenters. The lowest BCUT2D eigenvalue weighted by atomic mass is 10.2. The highest BCUT2D eigenvalue weighted by atomic mass is 79.9. The van der Waals surface area contributed by atoms with Gasteiger partial charge in [0.1, 0.15) is 0 Å². The molecule has 126 valence electrons. The average molecular weight is 405 g/mol. The molecular weight excluding hydrogens is 388 g/mol. The van der Waals surface area contributed by atoms with Crippen molar-refractivity contribution in [3.8, 4) is 0 Å². The van der Waals surface area contributed by atoms with E-state index < -0.39 is 22.1 Å². The van der Waals surface area contributed by atoms with E-state index in [0.717, 1.165) is 18.9 Å². The number of likely N-dealkylation sites (tertiary alicyclic amines) is 1. The van der Waals surface area contributed by atoms with Crippen LogP contribution in [0.3, 0.4) is 0 Å². The number of esters is 1. The third-order valence-electron chi connectivity index (χ3n) is 3.54. The first-order chi connectivity index (χ1) is 10.7.